The third-order valence-corrected chi connectivity index (χ3v) is 3.27. The molecule has 0 aliphatic carbocycles. The van der Waals surface area contributed by atoms with Crippen molar-refractivity contribution in [2.24, 2.45) is 0 Å². The second kappa shape index (κ2) is 5.87. The van der Waals surface area contributed by atoms with Crippen LogP contribution in [0.3, 0.4) is 0 Å². The number of benzene rings is 1. The quantitative estimate of drug-likeness (QED) is 0.603. The molecule has 2 rings (SSSR count). The van der Waals surface area contributed by atoms with Gasteiger partial charge in [0.05, 0.1) is 6.61 Å². The number of rotatable bonds is 5. The van der Waals surface area contributed by atoms with E-state index in [2.05, 4.69) is 6.07 Å². The number of imide groups is 1. The van der Waals surface area contributed by atoms with Gasteiger partial charge in [0.15, 0.2) is 0 Å². The third kappa shape index (κ3) is 3.34. The van der Waals surface area contributed by atoms with Crippen LogP contribution >= 0.6 is 0 Å². The Bertz CT molecular complexity index is 480. The normalized spacial score (nSPS) is 15.2. The van der Waals surface area contributed by atoms with Crippen molar-refractivity contribution in [2.75, 3.05) is 13.2 Å². The van der Waals surface area contributed by atoms with Gasteiger partial charge in [-0.1, -0.05) is 17.7 Å². The van der Waals surface area contributed by atoms with E-state index in [1.54, 1.807) is 0 Å². The monoisotopic (exact) mass is 261 g/mol. The lowest BCUT2D eigenvalue weighted by atomic mass is 10.1. The molecule has 0 bridgehead atoms. The molecule has 0 radical (unpaired) electrons. The Morgan fingerprint density at radius 1 is 1.16 bits per heavy atom. The predicted molar refractivity (Wildman–Crippen MR) is 72.0 cm³/mol. The maximum Gasteiger partial charge on any atom is 0.229 e. The van der Waals surface area contributed by atoms with Crippen LogP contribution < -0.4 is 4.74 Å². The predicted octanol–water partition coefficient (Wildman–Crippen LogP) is 2.22. The summed E-state index contributed by atoms with van der Waals surface area (Å²) in [6.45, 7) is 5.03. The number of hydrogen-bond donors (Lipinski definition) is 0. The summed E-state index contributed by atoms with van der Waals surface area (Å²) in [6, 6.07) is 6.04. The van der Waals surface area contributed by atoms with E-state index in [0.717, 1.165) is 11.3 Å². The van der Waals surface area contributed by atoms with E-state index in [-0.39, 0.29) is 11.8 Å². The highest BCUT2D eigenvalue weighted by molar-refractivity contribution is 6.01. The number of carbonyl (C=O) groups excluding carboxylic acids is 2. The average Bonchev–Trinajstić information content (AvgIpc) is 2.68. The first-order valence-corrected chi connectivity index (χ1v) is 6.61. The molecule has 1 aliphatic heterocycles. The van der Waals surface area contributed by atoms with Crippen LogP contribution in [0, 0.1) is 13.8 Å². The van der Waals surface area contributed by atoms with Crippen molar-refractivity contribution >= 4 is 11.8 Å². The summed E-state index contributed by atoms with van der Waals surface area (Å²) in [5, 5.41) is 0. The van der Waals surface area contributed by atoms with Crippen molar-refractivity contribution < 1.29 is 14.3 Å². The molecular weight excluding hydrogens is 242 g/mol. The van der Waals surface area contributed by atoms with Gasteiger partial charge in [-0.2, -0.15) is 0 Å². The Balaban J connectivity index is 1.78. The Morgan fingerprint density at radius 3 is 2.47 bits per heavy atom. The summed E-state index contributed by atoms with van der Waals surface area (Å²) in [4.78, 5) is 24.1. The van der Waals surface area contributed by atoms with Crippen LogP contribution in [0.15, 0.2) is 18.2 Å². The summed E-state index contributed by atoms with van der Waals surface area (Å²) in [5.41, 5.74) is 2.31. The molecule has 1 aromatic rings. The molecule has 0 aromatic heterocycles. The van der Waals surface area contributed by atoms with Crippen LogP contribution in [0.2, 0.25) is 0 Å². The van der Waals surface area contributed by atoms with Crippen molar-refractivity contribution in [1.29, 1.82) is 0 Å². The second-order valence-electron chi connectivity index (χ2n) is 4.91. The van der Waals surface area contributed by atoms with Crippen LogP contribution in [0.4, 0.5) is 0 Å². The minimum absolute atomic E-state index is 0.0588. The van der Waals surface area contributed by atoms with Gasteiger partial charge in [0.1, 0.15) is 5.75 Å². The fraction of sp³-hybridized carbons (Fsp3) is 0.467. The number of likely N-dealkylation sites (tertiary alicyclic amines) is 1. The Kier molecular flexibility index (Phi) is 4.20. The molecule has 1 heterocycles. The fourth-order valence-electron chi connectivity index (χ4n) is 2.24. The minimum Gasteiger partial charge on any atom is -0.493 e. The summed E-state index contributed by atoms with van der Waals surface area (Å²) >= 11 is 0. The van der Waals surface area contributed by atoms with Gasteiger partial charge < -0.3 is 4.74 Å². The first kappa shape index (κ1) is 13.6. The van der Waals surface area contributed by atoms with E-state index < -0.39 is 0 Å². The van der Waals surface area contributed by atoms with Gasteiger partial charge >= 0.3 is 0 Å². The lowest BCUT2D eigenvalue weighted by Gasteiger charge is -2.14. The summed E-state index contributed by atoms with van der Waals surface area (Å²) in [7, 11) is 0. The summed E-state index contributed by atoms with van der Waals surface area (Å²) < 4.78 is 5.67. The van der Waals surface area contributed by atoms with Crippen molar-refractivity contribution in [2.45, 2.75) is 33.1 Å². The third-order valence-electron chi connectivity index (χ3n) is 3.27. The zero-order chi connectivity index (χ0) is 13.8. The molecule has 1 saturated heterocycles. The molecule has 1 aliphatic rings. The standard InChI is InChI=1S/C15H19NO3/c1-11-4-5-13(12(2)10-11)19-9-3-8-16-14(17)6-7-15(16)18/h4-5,10H,3,6-9H2,1-2H3. The zero-order valence-corrected chi connectivity index (χ0v) is 11.4. The van der Waals surface area contributed by atoms with Crippen LogP contribution in [0.25, 0.3) is 0 Å². The molecule has 0 atom stereocenters. The van der Waals surface area contributed by atoms with Gasteiger partial charge in [-0.25, -0.2) is 0 Å². The van der Waals surface area contributed by atoms with Crippen LogP contribution in [0.5, 0.6) is 5.75 Å². The van der Waals surface area contributed by atoms with Gasteiger partial charge in [-0.05, 0) is 31.9 Å². The Morgan fingerprint density at radius 2 is 1.84 bits per heavy atom. The molecular formula is C15H19NO3. The lowest BCUT2D eigenvalue weighted by molar-refractivity contribution is -0.138. The number of carbonyl (C=O) groups is 2. The van der Waals surface area contributed by atoms with E-state index in [0.29, 0.717) is 32.4 Å². The highest BCUT2D eigenvalue weighted by Crippen LogP contribution is 2.19. The van der Waals surface area contributed by atoms with Crippen molar-refractivity contribution in [1.82, 2.24) is 4.90 Å². The maximum atomic E-state index is 11.4. The number of nitrogens with zero attached hydrogens (tertiary/aromatic N) is 1. The number of hydrogen-bond acceptors (Lipinski definition) is 3. The lowest BCUT2D eigenvalue weighted by Crippen LogP contribution is -2.30. The smallest absolute Gasteiger partial charge is 0.229 e. The summed E-state index contributed by atoms with van der Waals surface area (Å²) in [6.07, 6.45) is 1.39. The molecule has 1 aromatic carbocycles. The SMILES string of the molecule is Cc1ccc(OCCCN2C(=O)CCC2=O)c(C)c1. The molecule has 0 spiro atoms. The van der Waals surface area contributed by atoms with Crippen molar-refractivity contribution in [3.8, 4) is 5.75 Å². The first-order chi connectivity index (χ1) is 9.08. The molecule has 0 saturated carbocycles. The molecule has 0 unspecified atom stereocenters. The molecule has 4 heteroatoms. The summed E-state index contributed by atoms with van der Waals surface area (Å²) in [5.74, 6) is 0.748. The highest BCUT2D eigenvalue weighted by Gasteiger charge is 2.27. The number of amides is 2. The van der Waals surface area contributed by atoms with E-state index in [9.17, 15) is 9.59 Å². The molecule has 0 N–H and O–H groups in total. The number of aryl methyl sites for hydroxylation is 2. The van der Waals surface area contributed by atoms with Gasteiger partial charge in [0.25, 0.3) is 0 Å². The van der Waals surface area contributed by atoms with E-state index >= 15 is 0 Å². The van der Waals surface area contributed by atoms with E-state index in [4.69, 9.17) is 4.74 Å². The van der Waals surface area contributed by atoms with Crippen LogP contribution in [0.1, 0.15) is 30.4 Å². The fourth-order valence-corrected chi connectivity index (χ4v) is 2.24. The van der Waals surface area contributed by atoms with Gasteiger partial charge in [0, 0.05) is 19.4 Å². The molecule has 1 fully saturated rings. The second-order valence-corrected chi connectivity index (χ2v) is 4.91. The van der Waals surface area contributed by atoms with Crippen LogP contribution in [-0.4, -0.2) is 29.9 Å². The van der Waals surface area contributed by atoms with Crippen LogP contribution in [-0.2, 0) is 9.59 Å². The van der Waals surface area contributed by atoms with E-state index in [1.807, 2.05) is 26.0 Å². The molecule has 4 nitrogen and oxygen atoms in total. The van der Waals surface area contributed by atoms with Crippen molar-refractivity contribution in [3.63, 3.8) is 0 Å². The zero-order valence-electron chi connectivity index (χ0n) is 11.4. The number of ether oxygens (including phenoxy) is 1. The van der Waals surface area contributed by atoms with Crippen molar-refractivity contribution in [3.05, 3.63) is 29.3 Å². The van der Waals surface area contributed by atoms with Gasteiger partial charge in [-0.15, -0.1) is 0 Å². The molecule has 102 valence electrons. The molecule has 19 heavy (non-hydrogen) atoms. The largest absolute Gasteiger partial charge is 0.493 e. The Labute approximate surface area is 113 Å². The topological polar surface area (TPSA) is 46.6 Å². The van der Waals surface area contributed by atoms with Gasteiger partial charge in [-0.3, -0.25) is 14.5 Å². The highest BCUT2D eigenvalue weighted by atomic mass is 16.5. The van der Waals surface area contributed by atoms with Gasteiger partial charge in [0.2, 0.25) is 11.8 Å². The van der Waals surface area contributed by atoms with E-state index in [1.165, 1.54) is 10.5 Å². The average molecular weight is 261 g/mol. The Hall–Kier alpha value is -1.84. The first-order valence-electron chi connectivity index (χ1n) is 6.61. The minimum atomic E-state index is -0.0588. The molecule has 2 amide bonds. The maximum absolute atomic E-state index is 11.4.